The monoisotopic (exact) mass is 398 g/mol. The minimum Gasteiger partial charge on any atom is -0.367 e. The van der Waals surface area contributed by atoms with Gasteiger partial charge in [-0.1, -0.05) is 42.5 Å². The van der Waals surface area contributed by atoms with E-state index in [0.29, 0.717) is 31.7 Å². The van der Waals surface area contributed by atoms with Crippen molar-refractivity contribution >= 4 is 17.5 Å². The Morgan fingerprint density at radius 1 is 0.828 bits per heavy atom. The summed E-state index contributed by atoms with van der Waals surface area (Å²) in [6, 6.07) is 16.6. The van der Waals surface area contributed by atoms with Gasteiger partial charge in [0.1, 0.15) is 5.82 Å². The largest absolute Gasteiger partial charge is 0.367 e. The summed E-state index contributed by atoms with van der Waals surface area (Å²) >= 11 is 0. The maximum absolute atomic E-state index is 13.9. The van der Waals surface area contributed by atoms with Crippen molar-refractivity contribution < 1.29 is 14.0 Å². The number of carbonyl (C=O) groups is 2. The van der Waals surface area contributed by atoms with Crippen LogP contribution in [0.5, 0.6) is 0 Å². The van der Waals surface area contributed by atoms with E-state index < -0.39 is 11.8 Å². The molecule has 0 unspecified atom stereocenters. The van der Waals surface area contributed by atoms with E-state index in [-0.39, 0.29) is 5.82 Å². The minimum atomic E-state index is -0.608. The molecule has 0 spiro atoms. The van der Waals surface area contributed by atoms with Crippen LogP contribution in [0.15, 0.2) is 54.6 Å². The van der Waals surface area contributed by atoms with Crippen LogP contribution >= 0.6 is 0 Å². The van der Waals surface area contributed by atoms with Crippen molar-refractivity contribution in [1.29, 1.82) is 0 Å². The molecule has 0 aromatic heterocycles. The number of hydrogen-bond donors (Lipinski definition) is 2. The van der Waals surface area contributed by atoms with Crippen LogP contribution in [0.3, 0.4) is 0 Å². The molecule has 0 atom stereocenters. The number of halogens is 1. The van der Waals surface area contributed by atoms with Gasteiger partial charge in [-0.2, -0.15) is 0 Å². The van der Waals surface area contributed by atoms with E-state index in [9.17, 15) is 14.0 Å². The van der Waals surface area contributed by atoms with E-state index in [1.54, 1.807) is 12.1 Å². The van der Waals surface area contributed by atoms with Gasteiger partial charge in [-0.05, 0) is 24.1 Å². The van der Waals surface area contributed by atoms with E-state index in [0.717, 1.165) is 31.7 Å². The first-order valence-corrected chi connectivity index (χ1v) is 9.95. The van der Waals surface area contributed by atoms with Gasteiger partial charge in [-0.15, -0.1) is 0 Å². The van der Waals surface area contributed by atoms with Crippen molar-refractivity contribution in [2.45, 2.75) is 6.42 Å². The highest BCUT2D eigenvalue weighted by atomic mass is 19.1. The Labute approximate surface area is 170 Å². The number of nitrogens with one attached hydrogen (secondary N) is 2. The molecule has 29 heavy (non-hydrogen) atoms. The number of rotatable bonds is 7. The van der Waals surface area contributed by atoms with Gasteiger partial charge in [0.25, 0.3) is 0 Å². The Kier molecular flexibility index (Phi) is 7.58. The topological polar surface area (TPSA) is 64.7 Å². The third kappa shape index (κ3) is 6.29. The number of amides is 2. The Bertz CT molecular complexity index is 807. The molecule has 1 aliphatic heterocycles. The number of carbonyl (C=O) groups excluding carboxylic acids is 2. The summed E-state index contributed by atoms with van der Waals surface area (Å²) < 4.78 is 13.9. The summed E-state index contributed by atoms with van der Waals surface area (Å²) in [4.78, 5) is 28.0. The van der Waals surface area contributed by atoms with Crippen LogP contribution in [0.4, 0.5) is 10.1 Å². The molecule has 2 aromatic rings. The molecule has 0 bridgehead atoms. The van der Waals surface area contributed by atoms with Crippen molar-refractivity contribution in [1.82, 2.24) is 15.5 Å². The zero-order chi connectivity index (χ0) is 20.5. The van der Waals surface area contributed by atoms with Crippen LogP contribution < -0.4 is 15.5 Å². The predicted molar refractivity (Wildman–Crippen MR) is 111 cm³/mol. The van der Waals surface area contributed by atoms with E-state index in [4.69, 9.17) is 0 Å². The molecule has 154 valence electrons. The first kappa shape index (κ1) is 20.8. The molecule has 1 aliphatic rings. The fourth-order valence-electron chi connectivity index (χ4n) is 3.37. The number of benzene rings is 2. The lowest BCUT2D eigenvalue weighted by Crippen LogP contribution is -2.49. The van der Waals surface area contributed by atoms with Gasteiger partial charge in [0.15, 0.2) is 0 Å². The Hall–Kier alpha value is -2.93. The second kappa shape index (κ2) is 10.6. The van der Waals surface area contributed by atoms with E-state index in [1.165, 1.54) is 6.07 Å². The molecule has 3 rings (SSSR count). The number of anilines is 1. The third-order valence-electron chi connectivity index (χ3n) is 5.03. The van der Waals surface area contributed by atoms with Crippen molar-refractivity contribution in [3.63, 3.8) is 0 Å². The number of nitrogens with zero attached hydrogens (tertiary/aromatic N) is 2. The quantitative estimate of drug-likeness (QED) is 0.693. The lowest BCUT2D eigenvalue weighted by Gasteiger charge is -2.36. The van der Waals surface area contributed by atoms with Gasteiger partial charge >= 0.3 is 11.8 Å². The van der Waals surface area contributed by atoms with Gasteiger partial charge in [-0.3, -0.25) is 14.5 Å². The third-order valence-corrected chi connectivity index (χ3v) is 5.03. The van der Waals surface area contributed by atoms with Gasteiger partial charge in [0, 0.05) is 45.8 Å². The van der Waals surface area contributed by atoms with Crippen molar-refractivity contribution in [3.05, 3.63) is 66.0 Å². The summed E-state index contributed by atoms with van der Waals surface area (Å²) in [5.74, 6) is -1.42. The Morgan fingerprint density at radius 3 is 2.14 bits per heavy atom. The first-order valence-electron chi connectivity index (χ1n) is 9.95. The second-order valence-corrected chi connectivity index (χ2v) is 7.03. The average Bonchev–Trinajstić information content (AvgIpc) is 2.75. The molecule has 2 aromatic carbocycles. The Morgan fingerprint density at radius 2 is 1.45 bits per heavy atom. The molecule has 2 amide bonds. The van der Waals surface area contributed by atoms with E-state index in [2.05, 4.69) is 15.5 Å². The summed E-state index contributed by atoms with van der Waals surface area (Å²) in [7, 11) is 0. The van der Waals surface area contributed by atoms with Gasteiger partial charge in [-0.25, -0.2) is 4.39 Å². The number of hydrogen-bond acceptors (Lipinski definition) is 4. The predicted octanol–water partition coefficient (Wildman–Crippen LogP) is 1.42. The molecular weight excluding hydrogens is 371 g/mol. The Balaban J connectivity index is 1.30. The highest BCUT2D eigenvalue weighted by Gasteiger charge is 2.19. The molecule has 0 aliphatic carbocycles. The molecule has 0 radical (unpaired) electrons. The smallest absolute Gasteiger partial charge is 0.309 e. The van der Waals surface area contributed by atoms with E-state index in [1.807, 2.05) is 41.3 Å². The van der Waals surface area contributed by atoms with Crippen molar-refractivity contribution in [2.24, 2.45) is 0 Å². The molecule has 1 heterocycles. The minimum absolute atomic E-state index is 0.202. The first-order chi connectivity index (χ1) is 14.1. The van der Waals surface area contributed by atoms with Gasteiger partial charge < -0.3 is 15.5 Å². The summed E-state index contributed by atoms with van der Waals surface area (Å²) in [5.41, 5.74) is 1.75. The van der Waals surface area contributed by atoms with Crippen LogP contribution in [-0.4, -0.2) is 62.5 Å². The summed E-state index contributed by atoms with van der Waals surface area (Å²) in [6.07, 6.45) is 0.687. The summed E-state index contributed by atoms with van der Waals surface area (Å²) in [5, 5.41) is 5.31. The van der Waals surface area contributed by atoms with Crippen LogP contribution in [-0.2, 0) is 16.0 Å². The lowest BCUT2D eigenvalue weighted by molar-refractivity contribution is -0.139. The van der Waals surface area contributed by atoms with E-state index >= 15 is 0 Å². The number of piperazine rings is 1. The molecule has 0 saturated carbocycles. The molecule has 1 fully saturated rings. The molecule has 1 saturated heterocycles. The second-order valence-electron chi connectivity index (χ2n) is 7.03. The SMILES string of the molecule is O=C(NCCc1ccccc1)C(=O)NCCN1CCN(c2ccccc2F)CC1. The van der Waals surface area contributed by atoms with Crippen LogP contribution in [0.2, 0.25) is 0 Å². The zero-order valence-electron chi connectivity index (χ0n) is 16.4. The molecular formula is C22H27FN4O2. The summed E-state index contributed by atoms with van der Waals surface area (Å²) in [6.45, 7) is 4.53. The molecule has 7 heteroatoms. The maximum atomic E-state index is 13.9. The van der Waals surface area contributed by atoms with Crippen molar-refractivity contribution in [2.75, 3.05) is 50.7 Å². The van der Waals surface area contributed by atoms with Gasteiger partial charge in [0.2, 0.25) is 0 Å². The maximum Gasteiger partial charge on any atom is 0.309 e. The highest BCUT2D eigenvalue weighted by Crippen LogP contribution is 2.19. The lowest BCUT2D eigenvalue weighted by atomic mass is 10.1. The van der Waals surface area contributed by atoms with Crippen LogP contribution in [0, 0.1) is 5.82 Å². The van der Waals surface area contributed by atoms with Crippen molar-refractivity contribution in [3.8, 4) is 0 Å². The van der Waals surface area contributed by atoms with Crippen LogP contribution in [0.25, 0.3) is 0 Å². The zero-order valence-corrected chi connectivity index (χ0v) is 16.4. The molecule has 2 N–H and O–H groups in total. The molecule has 6 nitrogen and oxygen atoms in total. The standard InChI is InChI=1S/C22H27FN4O2/c23-19-8-4-5-9-20(19)27-16-14-26(15-17-27)13-12-25-22(29)21(28)24-11-10-18-6-2-1-3-7-18/h1-9H,10-17H2,(H,24,28)(H,25,29). The fourth-order valence-corrected chi connectivity index (χ4v) is 3.37. The number of para-hydroxylation sites is 1. The average molecular weight is 398 g/mol. The fraction of sp³-hybridized carbons (Fsp3) is 0.364. The van der Waals surface area contributed by atoms with Crippen LogP contribution in [0.1, 0.15) is 5.56 Å². The highest BCUT2D eigenvalue weighted by molar-refractivity contribution is 6.35. The normalized spacial score (nSPS) is 14.4. The van der Waals surface area contributed by atoms with Gasteiger partial charge in [0.05, 0.1) is 5.69 Å².